The molecule has 0 aliphatic rings. The Bertz CT molecular complexity index is 1530. The summed E-state index contributed by atoms with van der Waals surface area (Å²) in [5, 5.41) is 1.20. The van der Waals surface area contributed by atoms with Crippen LogP contribution in [0.2, 0.25) is 0 Å². The highest BCUT2D eigenvalue weighted by atomic mass is 15.0. The number of benzene rings is 2. The smallest absolute Gasteiger partial charge is 0.0541 e. The zero-order valence-electron chi connectivity index (χ0n) is 30.9. The second kappa shape index (κ2) is 24.1. The Kier molecular flexibility index (Phi) is 22.9. The van der Waals surface area contributed by atoms with E-state index in [1.807, 2.05) is 113 Å². The van der Waals surface area contributed by atoms with Crippen molar-refractivity contribution in [2.24, 2.45) is 0 Å². The van der Waals surface area contributed by atoms with E-state index < -0.39 is 0 Å². The molecule has 2 aromatic heterocycles. The highest BCUT2D eigenvalue weighted by Crippen LogP contribution is 2.35. The minimum absolute atomic E-state index is 0.996. The van der Waals surface area contributed by atoms with E-state index in [0.29, 0.717) is 0 Å². The average Bonchev–Trinajstić information content (AvgIpc) is 3.60. The molecule has 0 aliphatic carbocycles. The first kappa shape index (κ1) is 42.8. The molecule has 0 aliphatic heterocycles. The second-order valence-electron chi connectivity index (χ2n) is 8.43. The van der Waals surface area contributed by atoms with Crippen molar-refractivity contribution in [2.45, 2.75) is 90.0 Å². The van der Waals surface area contributed by atoms with Gasteiger partial charge in [0.15, 0.2) is 0 Å². The maximum absolute atomic E-state index is 4.16. The lowest BCUT2D eigenvalue weighted by Gasteiger charge is -2.16. The Hall–Kier alpha value is -4.30. The van der Waals surface area contributed by atoms with Crippen molar-refractivity contribution >= 4 is 47.4 Å². The van der Waals surface area contributed by atoms with Gasteiger partial charge >= 0.3 is 0 Å². The van der Waals surface area contributed by atoms with Crippen LogP contribution in [0.3, 0.4) is 0 Å². The van der Waals surface area contributed by atoms with Gasteiger partial charge in [-0.25, -0.2) is 0 Å². The van der Waals surface area contributed by atoms with Crippen LogP contribution in [0.4, 0.5) is 0 Å². The van der Waals surface area contributed by atoms with Crippen molar-refractivity contribution in [2.75, 3.05) is 0 Å². The van der Waals surface area contributed by atoms with E-state index in [1.165, 1.54) is 10.9 Å². The third-order valence-electron chi connectivity index (χ3n) is 6.29. The van der Waals surface area contributed by atoms with Gasteiger partial charge in [0.2, 0.25) is 0 Å². The molecule has 0 saturated carbocycles. The van der Waals surface area contributed by atoms with Crippen molar-refractivity contribution in [3.05, 3.63) is 120 Å². The molecule has 0 amide bonds. The van der Waals surface area contributed by atoms with Gasteiger partial charge in [0.1, 0.15) is 0 Å². The lowest BCUT2D eigenvalue weighted by atomic mass is 10.1. The van der Waals surface area contributed by atoms with Gasteiger partial charge in [-0.1, -0.05) is 144 Å². The molecule has 0 spiro atoms. The summed E-state index contributed by atoms with van der Waals surface area (Å²) < 4.78 is 4.53. The summed E-state index contributed by atoms with van der Waals surface area (Å²) in [4.78, 5) is 0. The lowest BCUT2D eigenvalue weighted by Crippen LogP contribution is -2.04. The van der Waals surface area contributed by atoms with Gasteiger partial charge in [0, 0.05) is 33.5 Å². The number of nitrogens with zero attached hydrogens (tertiary/aromatic N) is 2. The van der Waals surface area contributed by atoms with Crippen molar-refractivity contribution < 1.29 is 0 Å². The largest absolute Gasteiger partial charge is 0.309 e. The number of para-hydroxylation sites is 1. The molecule has 2 nitrogen and oxygen atoms in total. The molecular formula is C43H62N2. The van der Waals surface area contributed by atoms with E-state index >= 15 is 0 Å². The topological polar surface area (TPSA) is 9.86 Å². The van der Waals surface area contributed by atoms with Crippen LogP contribution in [-0.2, 0) is 0 Å². The Balaban J connectivity index is 0. The van der Waals surface area contributed by atoms with E-state index in [0.717, 1.165) is 50.7 Å². The van der Waals surface area contributed by atoms with Gasteiger partial charge in [-0.2, -0.15) is 0 Å². The van der Waals surface area contributed by atoms with Gasteiger partial charge < -0.3 is 9.13 Å². The van der Waals surface area contributed by atoms with Gasteiger partial charge in [0.25, 0.3) is 0 Å². The zero-order valence-corrected chi connectivity index (χ0v) is 30.9. The summed E-state index contributed by atoms with van der Waals surface area (Å²) in [6.07, 6.45) is 16.0. The standard InChI is InChI=1S/C33H32N2.5C2H6/c1-8-16-28-29-18-14-15-19-33(29)35(31(28)13-6)25-21-23(7)20-24(22-25)34-30(12-5)26(10-3)27(11-4)32(34)17-9-2;5*1-2/h8-22H,3-6H2,1-2,7H3;5*1-2H3/b16-8-,17-9-;;;;;. The number of hydrogen-bond acceptors (Lipinski definition) is 0. The average molecular weight is 607 g/mol. The Morgan fingerprint density at radius 3 is 1.42 bits per heavy atom. The van der Waals surface area contributed by atoms with Crippen LogP contribution in [-0.4, -0.2) is 9.13 Å². The molecule has 0 saturated heterocycles. The van der Waals surface area contributed by atoms with Crippen LogP contribution in [0.5, 0.6) is 0 Å². The molecule has 2 heteroatoms. The number of aryl methyl sites for hydroxylation is 1. The van der Waals surface area contributed by atoms with Gasteiger partial charge in [-0.3, -0.25) is 0 Å². The molecule has 0 fully saturated rings. The summed E-state index contributed by atoms with van der Waals surface area (Å²) in [5.41, 5.74) is 10.8. The van der Waals surface area contributed by atoms with Gasteiger partial charge in [-0.15, -0.1) is 0 Å². The van der Waals surface area contributed by atoms with E-state index in [1.54, 1.807) is 0 Å². The summed E-state index contributed by atoms with van der Waals surface area (Å²) >= 11 is 0. The molecular weight excluding hydrogens is 544 g/mol. The minimum atomic E-state index is 0.996. The molecule has 2 aromatic carbocycles. The van der Waals surface area contributed by atoms with Crippen LogP contribution in [0.1, 0.15) is 122 Å². The molecule has 2 heterocycles. The maximum Gasteiger partial charge on any atom is 0.0541 e. The second-order valence-corrected chi connectivity index (χ2v) is 8.43. The van der Waals surface area contributed by atoms with Crippen molar-refractivity contribution in [1.82, 2.24) is 9.13 Å². The first-order chi connectivity index (χ1) is 22.0. The summed E-state index contributed by atoms with van der Waals surface area (Å²) in [5.74, 6) is 0. The summed E-state index contributed by atoms with van der Waals surface area (Å²) in [6.45, 7) is 42.6. The Labute approximate surface area is 277 Å². The molecule has 4 aromatic rings. The molecule has 0 bridgehead atoms. The fourth-order valence-electron chi connectivity index (χ4n) is 4.98. The Morgan fingerprint density at radius 2 is 0.956 bits per heavy atom. The fraction of sp³-hybridized carbons (Fsp3) is 0.302. The van der Waals surface area contributed by atoms with Crippen LogP contribution in [0, 0.1) is 6.92 Å². The van der Waals surface area contributed by atoms with Crippen molar-refractivity contribution in [3.8, 4) is 11.4 Å². The highest BCUT2D eigenvalue weighted by Gasteiger charge is 2.20. The molecule has 0 unspecified atom stereocenters. The normalized spacial score (nSPS) is 9.62. The van der Waals surface area contributed by atoms with E-state index in [-0.39, 0.29) is 0 Å². The molecule has 4 rings (SSSR count). The van der Waals surface area contributed by atoms with Crippen LogP contribution < -0.4 is 0 Å². The van der Waals surface area contributed by atoms with Crippen LogP contribution >= 0.6 is 0 Å². The molecule has 0 radical (unpaired) electrons. The van der Waals surface area contributed by atoms with Crippen molar-refractivity contribution in [3.63, 3.8) is 0 Å². The van der Waals surface area contributed by atoms with Crippen molar-refractivity contribution in [1.29, 1.82) is 0 Å². The predicted octanol–water partition coefficient (Wildman–Crippen LogP) is 14.5. The fourth-order valence-corrected chi connectivity index (χ4v) is 4.98. The van der Waals surface area contributed by atoms with E-state index in [9.17, 15) is 0 Å². The highest BCUT2D eigenvalue weighted by molar-refractivity contribution is 5.95. The van der Waals surface area contributed by atoms with E-state index in [4.69, 9.17) is 0 Å². The third kappa shape index (κ3) is 9.59. The maximum atomic E-state index is 4.16. The SMILES string of the molecule is C=Cc1c(C=C)c(/C=C\C)n(-c2cc(C)cc(-n3c(C=C)c(/C=C\C)c4ccccc43)c2)c1C=C.CC.CC.CC.CC.CC. The zero-order chi connectivity index (χ0) is 35.1. The number of fused-ring (bicyclic) bond motifs is 1. The predicted molar refractivity (Wildman–Crippen MR) is 214 cm³/mol. The first-order valence-corrected chi connectivity index (χ1v) is 16.8. The van der Waals surface area contributed by atoms with Crippen LogP contribution in [0.15, 0.2) is 80.9 Å². The summed E-state index contributed by atoms with van der Waals surface area (Å²) in [6, 6.07) is 15.2. The number of aromatic nitrogens is 2. The number of hydrogen-bond donors (Lipinski definition) is 0. The van der Waals surface area contributed by atoms with Gasteiger partial charge in [0.05, 0.1) is 22.6 Å². The molecule has 244 valence electrons. The number of allylic oxidation sites excluding steroid dienone is 2. The molecule has 0 atom stereocenters. The lowest BCUT2D eigenvalue weighted by molar-refractivity contribution is 1.02. The Morgan fingerprint density at radius 1 is 0.511 bits per heavy atom. The quantitative estimate of drug-likeness (QED) is 0.189. The number of rotatable bonds is 8. The van der Waals surface area contributed by atoms with Crippen LogP contribution in [0.25, 0.3) is 58.7 Å². The first-order valence-electron chi connectivity index (χ1n) is 16.8. The monoisotopic (exact) mass is 606 g/mol. The molecule has 0 N–H and O–H groups in total. The van der Waals surface area contributed by atoms with E-state index in [2.05, 4.69) is 103 Å². The minimum Gasteiger partial charge on any atom is -0.309 e. The molecule has 45 heavy (non-hydrogen) atoms. The third-order valence-corrected chi connectivity index (χ3v) is 6.29. The van der Waals surface area contributed by atoms with Gasteiger partial charge in [-0.05, 0) is 68.8 Å². The summed E-state index contributed by atoms with van der Waals surface area (Å²) in [7, 11) is 0.